The van der Waals surface area contributed by atoms with Gasteiger partial charge in [0.1, 0.15) is 0 Å². The molecular weight excluding hydrogens is 625 g/mol. The minimum absolute atomic E-state index is 0. The van der Waals surface area contributed by atoms with Crippen LogP contribution in [-0.4, -0.2) is 20.4 Å². The van der Waals surface area contributed by atoms with E-state index in [0.29, 0.717) is 0 Å². The van der Waals surface area contributed by atoms with Crippen molar-refractivity contribution in [3.63, 3.8) is 0 Å². The third-order valence-corrected chi connectivity index (χ3v) is 6.76. The number of carbonyl (C=O) groups excluding carboxylic acids is 1. The second kappa shape index (κ2) is 10.8. The number of aliphatic hydroxyl groups is 1. The number of benzene rings is 3. The standard InChI is InChI=1S/C26H23N2.C5H8O2.Ir/c1-15-14-21(18(4)17(3)16(15)2)25-26-24(19-10-6-8-12-22(19)27-25)20-11-7-9-13-23(20)28(26)5;1-4(6)3-5(2)7;/h6-13H,1-5H3;3,6H,1-2H3;/q-1;;/b;4-3-;. The molecule has 0 aliphatic carbocycles. The number of allylic oxidation sites excluding steroid dienone is 2. The van der Waals surface area contributed by atoms with E-state index in [9.17, 15) is 4.79 Å². The summed E-state index contributed by atoms with van der Waals surface area (Å²) in [6.45, 7) is 11.6. The number of aromatic nitrogens is 2. The number of para-hydroxylation sites is 2. The zero-order chi connectivity index (χ0) is 25.4. The van der Waals surface area contributed by atoms with Gasteiger partial charge >= 0.3 is 0 Å². The van der Waals surface area contributed by atoms with Crippen LogP contribution in [0.1, 0.15) is 36.1 Å². The molecule has 0 aliphatic heterocycles. The molecule has 36 heavy (non-hydrogen) atoms. The number of ketones is 1. The van der Waals surface area contributed by atoms with Gasteiger partial charge in [-0.25, -0.2) is 0 Å². The average Bonchev–Trinajstić information content (AvgIpc) is 3.12. The second-order valence-electron chi connectivity index (χ2n) is 9.17. The number of aryl methyl sites for hydroxylation is 2. The molecule has 0 fully saturated rings. The molecule has 2 heterocycles. The van der Waals surface area contributed by atoms with Crippen LogP contribution in [0, 0.1) is 33.8 Å². The molecule has 5 rings (SSSR count). The maximum Gasteiger partial charge on any atom is 0.155 e. The number of hydrogen-bond acceptors (Lipinski definition) is 3. The van der Waals surface area contributed by atoms with Crippen LogP contribution in [-0.2, 0) is 31.9 Å². The Balaban J connectivity index is 0.000000400. The van der Waals surface area contributed by atoms with E-state index in [0.717, 1.165) is 16.8 Å². The molecule has 0 saturated heterocycles. The van der Waals surface area contributed by atoms with E-state index < -0.39 is 0 Å². The minimum atomic E-state index is -0.125. The van der Waals surface area contributed by atoms with Crippen LogP contribution in [0.5, 0.6) is 0 Å². The molecule has 1 radical (unpaired) electrons. The molecule has 0 aliphatic rings. The van der Waals surface area contributed by atoms with E-state index >= 15 is 0 Å². The summed E-state index contributed by atoms with van der Waals surface area (Å²) in [6.07, 6.45) is 1.17. The molecule has 4 nitrogen and oxygen atoms in total. The van der Waals surface area contributed by atoms with Crippen molar-refractivity contribution < 1.29 is 30.0 Å². The van der Waals surface area contributed by atoms with Crippen LogP contribution in [0.15, 0.2) is 60.4 Å². The van der Waals surface area contributed by atoms with Crippen LogP contribution < -0.4 is 0 Å². The van der Waals surface area contributed by atoms with Crippen LogP contribution in [0.2, 0.25) is 0 Å². The second-order valence-corrected chi connectivity index (χ2v) is 9.17. The molecular formula is C31H31IrN2O2-. The summed E-state index contributed by atoms with van der Waals surface area (Å²) in [5, 5.41) is 12.1. The first-order valence-corrected chi connectivity index (χ1v) is 11.8. The van der Waals surface area contributed by atoms with Gasteiger partial charge in [-0.05, 0) is 26.0 Å². The summed E-state index contributed by atoms with van der Waals surface area (Å²) in [6, 6.07) is 20.8. The summed E-state index contributed by atoms with van der Waals surface area (Å²) in [5.74, 6) is -0.0625. The number of fused-ring (bicyclic) bond motifs is 5. The normalized spacial score (nSPS) is 11.4. The zero-order valence-corrected chi connectivity index (χ0v) is 24.2. The van der Waals surface area contributed by atoms with E-state index in [1.54, 1.807) is 0 Å². The molecule has 0 unspecified atom stereocenters. The van der Waals surface area contributed by atoms with Gasteiger partial charge in [-0.1, -0.05) is 64.1 Å². The van der Waals surface area contributed by atoms with Crippen molar-refractivity contribution >= 4 is 38.5 Å². The molecule has 0 amide bonds. The van der Waals surface area contributed by atoms with E-state index in [4.69, 9.17) is 10.1 Å². The fourth-order valence-electron chi connectivity index (χ4n) is 4.73. The summed E-state index contributed by atoms with van der Waals surface area (Å²) >= 11 is 0. The van der Waals surface area contributed by atoms with Crippen molar-refractivity contribution in [2.75, 3.05) is 0 Å². The number of aliphatic hydroxyl groups excluding tert-OH is 1. The predicted octanol–water partition coefficient (Wildman–Crippen LogP) is 7.62. The van der Waals surface area contributed by atoms with Gasteiger partial charge in [-0.15, -0.1) is 33.9 Å². The van der Waals surface area contributed by atoms with Gasteiger partial charge in [0.05, 0.1) is 11.3 Å². The van der Waals surface area contributed by atoms with Gasteiger partial charge in [0.15, 0.2) is 5.78 Å². The van der Waals surface area contributed by atoms with Gasteiger partial charge in [0.25, 0.3) is 0 Å². The van der Waals surface area contributed by atoms with Gasteiger partial charge in [0.2, 0.25) is 0 Å². The van der Waals surface area contributed by atoms with Crippen molar-refractivity contribution in [2.24, 2.45) is 7.05 Å². The molecule has 0 saturated carbocycles. The van der Waals surface area contributed by atoms with E-state index in [-0.39, 0.29) is 31.6 Å². The molecule has 5 aromatic rings. The third kappa shape index (κ3) is 4.86. The Morgan fingerprint density at radius 1 is 0.917 bits per heavy atom. The number of pyridine rings is 1. The molecule has 3 aromatic carbocycles. The van der Waals surface area contributed by atoms with Crippen molar-refractivity contribution in [2.45, 2.75) is 41.5 Å². The first-order valence-electron chi connectivity index (χ1n) is 11.8. The molecule has 0 spiro atoms. The maximum absolute atomic E-state index is 10.0. The Bertz CT molecular complexity index is 1640. The van der Waals surface area contributed by atoms with Crippen LogP contribution in [0.3, 0.4) is 0 Å². The van der Waals surface area contributed by atoms with E-state index in [1.807, 2.05) is 0 Å². The molecule has 0 bridgehead atoms. The van der Waals surface area contributed by atoms with E-state index in [1.165, 1.54) is 69.4 Å². The Hall–Kier alpha value is -3.27. The number of hydrogen-bond donors (Lipinski definition) is 1. The van der Waals surface area contributed by atoms with Gasteiger partial charge in [-0.2, -0.15) is 0 Å². The van der Waals surface area contributed by atoms with E-state index in [2.05, 4.69) is 93.9 Å². The Morgan fingerprint density at radius 3 is 2.14 bits per heavy atom. The predicted molar refractivity (Wildman–Crippen MR) is 146 cm³/mol. The maximum atomic E-state index is 10.0. The first-order chi connectivity index (χ1) is 16.6. The summed E-state index contributed by atoms with van der Waals surface area (Å²) in [4.78, 5) is 15.2. The largest absolute Gasteiger partial charge is 0.512 e. The molecule has 2 aromatic heterocycles. The van der Waals surface area contributed by atoms with Gasteiger partial charge < -0.3 is 9.67 Å². The Labute approximate surface area is 226 Å². The summed E-state index contributed by atoms with van der Waals surface area (Å²) < 4.78 is 2.29. The molecule has 1 N–H and O–H groups in total. The monoisotopic (exact) mass is 656 g/mol. The van der Waals surface area contributed by atoms with Crippen LogP contribution >= 0.6 is 0 Å². The zero-order valence-electron chi connectivity index (χ0n) is 21.8. The van der Waals surface area contributed by atoms with Gasteiger partial charge in [0, 0.05) is 66.1 Å². The summed E-state index contributed by atoms with van der Waals surface area (Å²) in [7, 11) is 2.15. The number of carbonyl (C=O) groups is 1. The SMILES string of the molecule is CC(=O)/C=C(/C)O.Cc1[c-]c(-c2nc3ccccc3c3c4ccccc4n(C)c23)c(C)c(C)c1C.[Ir]. The summed E-state index contributed by atoms with van der Waals surface area (Å²) in [5.41, 5.74) is 10.7. The van der Waals surface area contributed by atoms with Crippen LogP contribution in [0.25, 0.3) is 44.0 Å². The molecule has 0 atom stereocenters. The number of rotatable bonds is 2. The van der Waals surface area contributed by atoms with Crippen molar-refractivity contribution in [1.29, 1.82) is 0 Å². The quantitative estimate of drug-likeness (QED) is 0.121. The van der Waals surface area contributed by atoms with Crippen molar-refractivity contribution in [3.8, 4) is 11.3 Å². The Morgan fingerprint density at radius 2 is 1.53 bits per heavy atom. The fraction of sp³-hybridized carbons (Fsp3) is 0.226. The Kier molecular flexibility index (Phi) is 8.18. The molecule has 187 valence electrons. The smallest absolute Gasteiger partial charge is 0.155 e. The average molecular weight is 656 g/mol. The van der Waals surface area contributed by atoms with Crippen molar-refractivity contribution in [1.82, 2.24) is 9.55 Å². The first kappa shape index (κ1) is 27.3. The number of nitrogens with zero attached hydrogens (tertiary/aromatic N) is 2. The topological polar surface area (TPSA) is 55.1 Å². The van der Waals surface area contributed by atoms with Gasteiger partial charge in [-0.3, -0.25) is 9.78 Å². The minimum Gasteiger partial charge on any atom is -0.512 e. The molecule has 5 heteroatoms. The van der Waals surface area contributed by atoms with Crippen LogP contribution in [0.4, 0.5) is 0 Å². The fourth-order valence-corrected chi connectivity index (χ4v) is 4.73. The third-order valence-electron chi connectivity index (χ3n) is 6.76. The van der Waals surface area contributed by atoms with Crippen molar-refractivity contribution in [3.05, 3.63) is 88.7 Å².